The van der Waals surface area contributed by atoms with Crippen LogP contribution < -0.4 is 5.69 Å². The van der Waals surface area contributed by atoms with Gasteiger partial charge in [-0.3, -0.25) is 4.98 Å². The first kappa shape index (κ1) is 10.2. The van der Waals surface area contributed by atoms with Crippen molar-refractivity contribution in [2.24, 2.45) is 0 Å². The van der Waals surface area contributed by atoms with Crippen LogP contribution in [0.1, 0.15) is 11.4 Å². The van der Waals surface area contributed by atoms with Crippen molar-refractivity contribution in [3.63, 3.8) is 0 Å². The van der Waals surface area contributed by atoms with Gasteiger partial charge in [0.1, 0.15) is 5.82 Å². The van der Waals surface area contributed by atoms with Gasteiger partial charge < -0.3 is 0 Å². The van der Waals surface area contributed by atoms with Crippen molar-refractivity contribution in [2.75, 3.05) is 0 Å². The van der Waals surface area contributed by atoms with Crippen molar-refractivity contribution in [1.29, 1.82) is 0 Å². The van der Waals surface area contributed by atoms with E-state index in [1.807, 2.05) is 12.1 Å². The molecule has 4 nitrogen and oxygen atoms in total. The third-order valence-corrected chi connectivity index (χ3v) is 2.64. The number of benzene rings is 1. The van der Waals surface area contributed by atoms with E-state index < -0.39 is 0 Å². The standard InChI is InChI=1S/C10H10BrN3O/c11-8-4-1-7(2-5-8)3-6-9-12-10(15)14-13-9/h1-2,4-5H,3,6H2,(H2,12,13,14,15). The normalized spacial score (nSPS) is 10.5. The van der Waals surface area contributed by atoms with Crippen molar-refractivity contribution in [3.05, 3.63) is 50.6 Å². The lowest BCUT2D eigenvalue weighted by Gasteiger charge is -1.98. The highest BCUT2D eigenvalue weighted by Crippen LogP contribution is 2.11. The lowest BCUT2D eigenvalue weighted by Crippen LogP contribution is -2.01. The smallest absolute Gasteiger partial charge is 0.293 e. The molecule has 1 heterocycles. The Kier molecular flexibility index (Phi) is 3.01. The van der Waals surface area contributed by atoms with Gasteiger partial charge in [0, 0.05) is 10.9 Å². The number of aromatic amines is 2. The second-order valence-corrected chi connectivity index (χ2v) is 4.17. The molecule has 0 radical (unpaired) electrons. The molecule has 0 bridgehead atoms. The van der Waals surface area contributed by atoms with Crippen molar-refractivity contribution in [2.45, 2.75) is 12.8 Å². The summed E-state index contributed by atoms with van der Waals surface area (Å²) in [6.07, 6.45) is 1.61. The second kappa shape index (κ2) is 4.44. The summed E-state index contributed by atoms with van der Waals surface area (Å²) in [6.45, 7) is 0. The minimum absolute atomic E-state index is 0.249. The van der Waals surface area contributed by atoms with Crippen LogP contribution in [0.3, 0.4) is 0 Å². The number of nitrogens with one attached hydrogen (secondary N) is 2. The van der Waals surface area contributed by atoms with Gasteiger partial charge >= 0.3 is 5.69 Å². The number of H-pyrrole nitrogens is 2. The topological polar surface area (TPSA) is 61.5 Å². The molecule has 2 aromatic rings. The highest BCUT2D eigenvalue weighted by atomic mass is 79.9. The fraction of sp³-hybridized carbons (Fsp3) is 0.200. The zero-order chi connectivity index (χ0) is 10.7. The highest BCUT2D eigenvalue weighted by molar-refractivity contribution is 9.10. The fourth-order valence-corrected chi connectivity index (χ4v) is 1.60. The lowest BCUT2D eigenvalue weighted by atomic mass is 10.1. The van der Waals surface area contributed by atoms with Crippen molar-refractivity contribution in [1.82, 2.24) is 15.2 Å². The van der Waals surface area contributed by atoms with E-state index in [9.17, 15) is 4.79 Å². The first-order valence-corrected chi connectivity index (χ1v) is 5.41. The van der Waals surface area contributed by atoms with Crippen molar-refractivity contribution < 1.29 is 0 Å². The number of hydrogen-bond acceptors (Lipinski definition) is 2. The van der Waals surface area contributed by atoms with Crippen LogP contribution in [0.4, 0.5) is 0 Å². The Balaban J connectivity index is 1.99. The molecule has 0 saturated heterocycles. The van der Waals surface area contributed by atoms with Crippen molar-refractivity contribution >= 4 is 15.9 Å². The van der Waals surface area contributed by atoms with E-state index in [2.05, 4.69) is 43.2 Å². The third kappa shape index (κ3) is 2.79. The zero-order valence-electron chi connectivity index (χ0n) is 7.96. The van der Waals surface area contributed by atoms with Gasteiger partial charge in [0.25, 0.3) is 0 Å². The van der Waals surface area contributed by atoms with Crippen LogP contribution in [0.25, 0.3) is 0 Å². The molecule has 1 aromatic carbocycles. The van der Waals surface area contributed by atoms with E-state index in [1.54, 1.807) is 0 Å². The molecule has 0 saturated carbocycles. The maximum absolute atomic E-state index is 10.8. The molecule has 0 aliphatic heterocycles. The quantitative estimate of drug-likeness (QED) is 0.889. The molecule has 78 valence electrons. The number of halogens is 1. The molecule has 0 spiro atoms. The van der Waals surface area contributed by atoms with Crippen LogP contribution in [0.15, 0.2) is 33.5 Å². The Morgan fingerprint density at radius 2 is 1.93 bits per heavy atom. The van der Waals surface area contributed by atoms with Gasteiger partial charge in [-0.15, -0.1) is 0 Å². The first-order valence-electron chi connectivity index (χ1n) is 4.62. The van der Waals surface area contributed by atoms with E-state index in [4.69, 9.17) is 0 Å². The maximum atomic E-state index is 10.8. The number of aryl methyl sites for hydroxylation is 2. The van der Waals surface area contributed by atoms with Crippen LogP contribution in [0, 0.1) is 0 Å². The van der Waals surface area contributed by atoms with E-state index >= 15 is 0 Å². The van der Waals surface area contributed by atoms with E-state index in [0.717, 1.165) is 17.3 Å². The summed E-state index contributed by atoms with van der Waals surface area (Å²) in [5, 5.41) is 6.19. The zero-order valence-corrected chi connectivity index (χ0v) is 9.54. The lowest BCUT2D eigenvalue weighted by molar-refractivity contribution is 0.865. The molecule has 1 aromatic heterocycles. The van der Waals surface area contributed by atoms with E-state index in [0.29, 0.717) is 5.82 Å². The summed E-state index contributed by atoms with van der Waals surface area (Å²) >= 11 is 3.38. The molecular formula is C10H10BrN3O. The van der Waals surface area contributed by atoms with Gasteiger partial charge in [0.2, 0.25) is 0 Å². The molecule has 2 rings (SSSR count). The monoisotopic (exact) mass is 267 g/mol. The summed E-state index contributed by atoms with van der Waals surface area (Å²) in [7, 11) is 0. The predicted octanol–water partition coefficient (Wildman–Crippen LogP) is 1.65. The van der Waals surface area contributed by atoms with Crippen LogP contribution >= 0.6 is 15.9 Å². The molecule has 0 atom stereocenters. The Hall–Kier alpha value is -1.36. The Morgan fingerprint density at radius 1 is 1.20 bits per heavy atom. The van der Waals surface area contributed by atoms with Crippen molar-refractivity contribution in [3.8, 4) is 0 Å². The second-order valence-electron chi connectivity index (χ2n) is 3.25. The maximum Gasteiger partial charge on any atom is 0.340 e. The summed E-state index contributed by atoms with van der Waals surface area (Å²) in [5.41, 5.74) is 0.975. The SMILES string of the molecule is O=c1[nH]nc(CCc2ccc(Br)cc2)[nH]1. The number of hydrogen-bond donors (Lipinski definition) is 2. The molecule has 2 N–H and O–H groups in total. The first-order chi connectivity index (χ1) is 7.24. The van der Waals surface area contributed by atoms with Gasteiger partial charge in [-0.25, -0.2) is 9.89 Å². The largest absolute Gasteiger partial charge is 0.340 e. The van der Waals surface area contributed by atoms with Crippen LogP contribution in [0.2, 0.25) is 0 Å². The summed E-state index contributed by atoms with van der Waals surface area (Å²) in [4.78, 5) is 13.4. The molecule has 5 heteroatoms. The van der Waals surface area contributed by atoms with Crippen LogP contribution in [-0.2, 0) is 12.8 Å². The number of rotatable bonds is 3. The summed E-state index contributed by atoms with van der Waals surface area (Å²) in [5.74, 6) is 0.697. The molecule has 0 unspecified atom stereocenters. The Labute approximate surface area is 94.9 Å². The Morgan fingerprint density at radius 3 is 2.53 bits per heavy atom. The van der Waals surface area contributed by atoms with Crippen LogP contribution in [-0.4, -0.2) is 15.2 Å². The van der Waals surface area contributed by atoms with Crippen LogP contribution in [0.5, 0.6) is 0 Å². The third-order valence-electron chi connectivity index (χ3n) is 2.11. The predicted molar refractivity (Wildman–Crippen MR) is 60.8 cm³/mol. The van der Waals surface area contributed by atoms with Gasteiger partial charge in [0.15, 0.2) is 0 Å². The fourth-order valence-electron chi connectivity index (χ4n) is 1.34. The molecule has 15 heavy (non-hydrogen) atoms. The summed E-state index contributed by atoms with van der Waals surface area (Å²) in [6, 6.07) is 8.11. The van der Waals surface area contributed by atoms with E-state index in [1.165, 1.54) is 5.56 Å². The molecule has 0 fully saturated rings. The molecule has 0 aliphatic carbocycles. The molecular weight excluding hydrogens is 258 g/mol. The average molecular weight is 268 g/mol. The van der Waals surface area contributed by atoms with Gasteiger partial charge in [-0.1, -0.05) is 28.1 Å². The number of nitrogens with zero attached hydrogens (tertiary/aromatic N) is 1. The van der Waals surface area contributed by atoms with Gasteiger partial charge in [0.05, 0.1) is 0 Å². The average Bonchev–Trinajstić information content (AvgIpc) is 2.64. The van der Waals surface area contributed by atoms with Gasteiger partial charge in [-0.2, -0.15) is 5.10 Å². The highest BCUT2D eigenvalue weighted by Gasteiger charge is 1.99. The molecule has 0 amide bonds. The summed E-state index contributed by atoms with van der Waals surface area (Å²) < 4.78 is 1.07. The van der Waals surface area contributed by atoms with Gasteiger partial charge in [-0.05, 0) is 24.1 Å². The number of aromatic nitrogens is 3. The minimum Gasteiger partial charge on any atom is -0.293 e. The van der Waals surface area contributed by atoms with E-state index in [-0.39, 0.29) is 5.69 Å². The Bertz CT molecular complexity index is 486. The molecule has 0 aliphatic rings. The minimum atomic E-state index is -0.249.